The fourth-order valence-electron chi connectivity index (χ4n) is 1.53. The summed E-state index contributed by atoms with van der Waals surface area (Å²) < 4.78 is 4.83. The molecule has 0 fully saturated rings. The topological polar surface area (TPSA) is 145 Å². The van der Waals surface area contributed by atoms with E-state index in [2.05, 4.69) is 25.9 Å². The minimum Gasteiger partial charge on any atom is -0.369 e. The van der Waals surface area contributed by atoms with Crippen LogP contribution in [0.1, 0.15) is 11.7 Å². The molecule has 0 saturated carbocycles. The number of hydrogen-bond acceptors (Lipinski definition) is 9. The van der Waals surface area contributed by atoms with E-state index in [0.29, 0.717) is 30.5 Å². The van der Waals surface area contributed by atoms with Gasteiger partial charge in [-0.05, 0) is 0 Å². The van der Waals surface area contributed by atoms with E-state index < -0.39 is 4.92 Å². The molecule has 10 heteroatoms. The van der Waals surface area contributed by atoms with Gasteiger partial charge in [-0.15, -0.1) is 0 Å². The largest absolute Gasteiger partial charge is 0.369 e. The Morgan fingerprint density at radius 2 is 2.15 bits per heavy atom. The Morgan fingerprint density at radius 1 is 1.40 bits per heavy atom. The number of hydrazine groups is 1. The molecule has 20 heavy (non-hydrogen) atoms. The molecule has 2 heterocycles. The van der Waals surface area contributed by atoms with E-state index >= 15 is 0 Å². The van der Waals surface area contributed by atoms with Gasteiger partial charge in [-0.3, -0.25) is 10.1 Å². The SMILES string of the molecule is Cc1nc(CCNc2cc([N+](=O)[O-])cc(NN)n2)no1. The average molecular weight is 279 g/mol. The first kappa shape index (κ1) is 13.7. The monoisotopic (exact) mass is 279 g/mol. The molecule has 10 nitrogen and oxygen atoms in total. The van der Waals surface area contributed by atoms with Crippen LogP contribution in [0.4, 0.5) is 17.3 Å². The Bertz CT molecular complexity index is 613. The van der Waals surface area contributed by atoms with Gasteiger partial charge in [0.25, 0.3) is 5.69 Å². The summed E-state index contributed by atoms with van der Waals surface area (Å²) in [5, 5.41) is 17.4. The van der Waals surface area contributed by atoms with Crippen LogP contribution in [-0.2, 0) is 6.42 Å². The first-order chi connectivity index (χ1) is 9.58. The summed E-state index contributed by atoms with van der Waals surface area (Å²) in [6.45, 7) is 2.16. The molecular formula is C10H13N7O3. The van der Waals surface area contributed by atoms with Gasteiger partial charge in [0.15, 0.2) is 5.82 Å². The van der Waals surface area contributed by atoms with Crippen molar-refractivity contribution in [2.75, 3.05) is 17.3 Å². The first-order valence-electron chi connectivity index (χ1n) is 5.74. The van der Waals surface area contributed by atoms with E-state index in [4.69, 9.17) is 10.4 Å². The highest BCUT2D eigenvalue weighted by Crippen LogP contribution is 2.19. The van der Waals surface area contributed by atoms with Crippen molar-refractivity contribution in [2.45, 2.75) is 13.3 Å². The number of nitro groups is 1. The van der Waals surface area contributed by atoms with Crippen molar-refractivity contribution in [3.8, 4) is 0 Å². The van der Waals surface area contributed by atoms with Crippen LogP contribution >= 0.6 is 0 Å². The third-order valence-electron chi connectivity index (χ3n) is 2.39. The van der Waals surface area contributed by atoms with Gasteiger partial charge in [-0.1, -0.05) is 5.16 Å². The zero-order chi connectivity index (χ0) is 14.5. The van der Waals surface area contributed by atoms with Gasteiger partial charge in [-0.25, -0.2) is 10.8 Å². The molecule has 2 aromatic heterocycles. The molecule has 2 rings (SSSR count). The van der Waals surface area contributed by atoms with E-state index in [1.54, 1.807) is 6.92 Å². The summed E-state index contributed by atoms with van der Waals surface area (Å²) >= 11 is 0. The third kappa shape index (κ3) is 3.38. The summed E-state index contributed by atoms with van der Waals surface area (Å²) in [4.78, 5) is 18.3. The van der Waals surface area contributed by atoms with E-state index in [1.165, 1.54) is 12.1 Å². The zero-order valence-electron chi connectivity index (χ0n) is 10.7. The number of aromatic nitrogens is 3. The van der Waals surface area contributed by atoms with Gasteiger partial charge >= 0.3 is 0 Å². The molecule has 0 spiro atoms. The van der Waals surface area contributed by atoms with Gasteiger partial charge in [0.1, 0.15) is 11.6 Å². The highest BCUT2D eigenvalue weighted by Gasteiger charge is 2.11. The van der Waals surface area contributed by atoms with Crippen molar-refractivity contribution in [1.29, 1.82) is 0 Å². The predicted molar refractivity (Wildman–Crippen MR) is 69.9 cm³/mol. The Kier molecular flexibility index (Phi) is 4.05. The lowest BCUT2D eigenvalue weighted by Gasteiger charge is -2.06. The molecule has 4 N–H and O–H groups in total. The molecule has 0 aliphatic heterocycles. The van der Waals surface area contributed by atoms with Crippen LogP contribution in [0.2, 0.25) is 0 Å². The van der Waals surface area contributed by atoms with Crippen molar-refractivity contribution >= 4 is 17.3 Å². The van der Waals surface area contributed by atoms with Gasteiger partial charge < -0.3 is 15.3 Å². The number of pyridine rings is 1. The molecule has 0 bridgehead atoms. The van der Waals surface area contributed by atoms with E-state index in [9.17, 15) is 10.1 Å². The summed E-state index contributed by atoms with van der Waals surface area (Å²) in [5.41, 5.74) is 2.17. The Morgan fingerprint density at radius 3 is 2.75 bits per heavy atom. The van der Waals surface area contributed by atoms with Crippen molar-refractivity contribution in [1.82, 2.24) is 15.1 Å². The third-order valence-corrected chi connectivity index (χ3v) is 2.39. The Hall–Kier alpha value is -2.75. The van der Waals surface area contributed by atoms with Crippen LogP contribution < -0.4 is 16.6 Å². The van der Waals surface area contributed by atoms with Crippen LogP contribution in [-0.4, -0.2) is 26.6 Å². The molecule has 0 saturated heterocycles. The molecule has 0 atom stereocenters. The van der Waals surface area contributed by atoms with Crippen molar-refractivity contribution in [3.63, 3.8) is 0 Å². The second-order valence-corrected chi connectivity index (χ2v) is 3.90. The quantitative estimate of drug-likeness (QED) is 0.393. The van der Waals surface area contributed by atoms with Crippen molar-refractivity contribution in [2.24, 2.45) is 5.84 Å². The van der Waals surface area contributed by atoms with Crippen molar-refractivity contribution in [3.05, 3.63) is 34.0 Å². The summed E-state index contributed by atoms with van der Waals surface area (Å²) in [5.74, 6) is 6.80. The number of nitrogens with two attached hydrogens (primary N) is 1. The number of nitrogens with one attached hydrogen (secondary N) is 2. The lowest BCUT2D eigenvalue weighted by atomic mass is 10.3. The molecular weight excluding hydrogens is 266 g/mol. The summed E-state index contributed by atoms with van der Waals surface area (Å²) in [6, 6.07) is 2.57. The summed E-state index contributed by atoms with van der Waals surface area (Å²) in [6.07, 6.45) is 0.507. The molecule has 0 aliphatic rings. The minimum absolute atomic E-state index is 0.106. The minimum atomic E-state index is -0.518. The van der Waals surface area contributed by atoms with Crippen LogP contribution in [0.3, 0.4) is 0 Å². The fourth-order valence-corrected chi connectivity index (χ4v) is 1.53. The normalized spacial score (nSPS) is 10.3. The maximum Gasteiger partial charge on any atom is 0.276 e. The van der Waals surface area contributed by atoms with Crippen LogP contribution in [0, 0.1) is 17.0 Å². The number of rotatable bonds is 6. The van der Waals surface area contributed by atoms with Gasteiger partial charge in [0.2, 0.25) is 5.89 Å². The molecule has 0 radical (unpaired) electrons. The van der Waals surface area contributed by atoms with Crippen LogP contribution in [0.25, 0.3) is 0 Å². The Labute approximate surface area is 113 Å². The highest BCUT2D eigenvalue weighted by molar-refractivity contribution is 5.54. The molecule has 2 aromatic rings. The molecule has 0 aliphatic carbocycles. The van der Waals surface area contributed by atoms with Crippen LogP contribution in [0.5, 0.6) is 0 Å². The molecule has 0 amide bonds. The van der Waals surface area contributed by atoms with Gasteiger partial charge in [0.05, 0.1) is 17.1 Å². The Balaban J connectivity index is 2.01. The number of aryl methyl sites for hydroxylation is 1. The lowest BCUT2D eigenvalue weighted by Crippen LogP contribution is -2.12. The average Bonchev–Trinajstić information content (AvgIpc) is 2.84. The van der Waals surface area contributed by atoms with E-state index in [0.717, 1.165) is 0 Å². The maximum atomic E-state index is 10.8. The number of hydrogen-bond donors (Lipinski definition) is 3. The number of nitrogens with zero attached hydrogens (tertiary/aromatic N) is 4. The van der Waals surface area contributed by atoms with E-state index in [-0.39, 0.29) is 11.5 Å². The second-order valence-electron chi connectivity index (χ2n) is 3.90. The smallest absolute Gasteiger partial charge is 0.276 e. The highest BCUT2D eigenvalue weighted by atomic mass is 16.6. The molecule has 0 unspecified atom stereocenters. The predicted octanol–water partition coefficient (Wildman–Crippen LogP) is 0.621. The second kappa shape index (κ2) is 5.93. The van der Waals surface area contributed by atoms with Gasteiger partial charge in [0, 0.05) is 19.9 Å². The standard InChI is InChI=1S/C10H13N7O3/c1-6-13-8(16-20-6)2-3-12-9-4-7(17(18)19)5-10(14-9)15-11/h4-5H,2-3,11H2,1H3,(H2,12,14,15). The van der Waals surface area contributed by atoms with Crippen molar-refractivity contribution < 1.29 is 9.45 Å². The fraction of sp³-hybridized carbons (Fsp3) is 0.300. The number of nitrogen functional groups attached to an aromatic ring is 1. The first-order valence-corrected chi connectivity index (χ1v) is 5.74. The summed E-state index contributed by atoms with van der Waals surface area (Å²) in [7, 11) is 0. The maximum absolute atomic E-state index is 10.8. The zero-order valence-corrected chi connectivity index (χ0v) is 10.7. The van der Waals surface area contributed by atoms with E-state index in [1.807, 2.05) is 0 Å². The molecule has 0 aromatic carbocycles. The lowest BCUT2D eigenvalue weighted by molar-refractivity contribution is -0.384. The number of anilines is 2. The molecule has 106 valence electrons. The van der Waals surface area contributed by atoms with Gasteiger partial charge in [-0.2, -0.15) is 4.98 Å². The van der Waals surface area contributed by atoms with Crippen LogP contribution in [0.15, 0.2) is 16.7 Å².